The van der Waals surface area contributed by atoms with E-state index in [0.717, 1.165) is 40.4 Å². The van der Waals surface area contributed by atoms with Crippen LogP contribution in [0.15, 0.2) is 65.1 Å². The first-order chi connectivity index (χ1) is 15.3. The van der Waals surface area contributed by atoms with Crippen LogP contribution in [0.2, 0.25) is 0 Å². The molecule has 2 atom stereocenters. The summed E-state index contributed by atoms with van der Waals surface area (Å²) in [6.07, 6.45) is 1.66. The molecule has 0 radical (unpaired) electrons. The molecule has 0 bridgehead atoms. The number of amides is 1. The van der Waals surface area contributed by atoms with Gasteiger partial charge in [-0.2, -0.15) is 0 Å². The average Bonchev–Trinajstić information content (AvgIpc) is 3.56. The predicted molar refractivity (Wildman–Crippen MR) is 120 cm³/mol. The fraction of sp³-hybridized carbons (Fsp3) is 0.250. The monoisotopic (exact) mass is 431 g/mol. The number of carbonyl (C=O) groups excluding carboxylic acids is 1. The van der Waals surface area contributed by atoms with Crippen LogP contribution in [0.5, 0.6) is 0 Å². The van der Waals surface area contributed by atoms with Crippen molar-refractivity contribution >= 4 is 33.1 Å². The molecule has 2 aliphatic rings. The summed E-state index contributed by atoms with van der Waals surface area (Å²) in [5.41, 5.74) is 2.45. The molecule has 2 aromatic heterocycles. The van der Waals surface area contributed by atoms with Crippen LogP contribution in [0, 0.1) is 0 Å². The fourth-order valence-corrected chi connectivity index (χ4v) is 5.23. The highest BCUT2D eigenvalue weighted by Gasteiger charge is 2.36. The van der Waals surface area contributed by atoms with E-state index in [1.165, 1.54) is 0 Å². The average molecular weight is 432 g/mol. The van der Waals surface area contributed by atoms with Gasteiger partial charge in [0.25, 0.3) is 5.91 Å². The molecule has 6 nitrogen and oxygen atoms in total. The van der Waals surface area contributed by atoms with Crippen LogP contribution in [0.3, 0.4) is 0 Å². The van der Waals surface area contributed by atoms with Crippen molar-refractivity contribution in [1.29, 1.82) is 0 Å². The highest BCUT2D eigenvalue weighted by Crippen LogP contribution is 2.37. The lowest BCUT2D eigenvalue weighted by molar-refractivity contribution is 0.0403. The summed E-state index contributed by atoms with van der Waals surface area (Å²) in [5, 5.41) is 4.33. The Labute approximate surface area is 183 Å². The van der Waals surface area contributed by atoms with Gasteiger partial charge in [0.15, 0.2) is 16.9 Å². The SMILES string of the molecule is O=C1c2ccccc2NC(c2ccc(-c3nc4ccccc4s3)o2)N1CC1CCCO1. The van der Waals surface area contributed by atoms with Crippen LogP contribution in [-0.2, 0) is 4.74 Å². The number of ether oxygens (including phenoxy) is 1. The summed E-state index contributed by atoms with van der Waals surface area (Å²) >= 11 is 1.60. The zero-order valence-corrected chi connectivity index (χ0v) is 17.6. The summed E-state index contributed by atoms with van der Waals surface area (Å²) < 4.78 is 13.2. The lowest BCUT2D eigenvalue weighted by atomic mass is 10.1. The molecule has 0 saturated carbocycles. The molecule has 1 amide bonds. The Kier molecular flexibility index (Phi) is 4.51. The first-order valence-corrected chi connectivity index (χ1v) is 11.3. The Morgan fingerprint density at radius 1 is 1.10 bits per heavy atom. The Morgan fingerprint density at radius 2 is 1.97 bits per heavy atom. The maximum atomic E-state index is 13.4. The number of rotatable bonds is 4. The van der Waals surface area contributed by atoms with Gasteiger partial charge in [0.05, 0.1) is 21.9 Å². The second kappa shape index (κ2) is 7.51. The Bertz CT molecular complexity index is 1220. The Hall–Kier alpha value is -3.16. The molecule has 4 aromatic rings. The molecule has 1 saturated heterocycles. The molecule has 1 fully saturated rings. The third-order valence-electron chi connectivity index (χ3n) is 5.85. The number of carbonyl (C=O) groups is 1. The second-order valence-electron chi connectivity index (χ2n) is 7.87. The number of anilines is 1. The normalized spacial score (nSPS) is 20.8. The lowest BCUT2D eigenvalue weighted by Gasteiger charge is -2.37. The van der Waals surface area contributed by atoms with Gasteiger partial charge in [-0.1, -0.05) is 24.3 Å². The van der Waals surface area contributed by atoms with Crippen LogP contribution in [0.25, 0.3) is 21.0 Å². The smallest absolute Gasteiger partial charge is 0.258 e. The van der Waals surface area contributed by atoms with E-state index in [1.54, 1.807) is 11.3 Å². The van der Waals surface area contributed by atoms with Gasteiger partial charge in [-0.25, -0.2) is 4.98 Å². The summed E-state index contributed by atoms with van der Waals surface area (Å²) in [4.78, 5) is 19.9. The van der Waals surface area contributed by atoms with Crippen molar-refractivity contribution in [3.05, 3.63) is 72.0 Å². The standard InChI is InChI=1S/C24H21N3O3S/c28-24-16-7-1-2-8-17(16)25-22(27(24)14-15-6-5-13-29-15)19-11-12-20(30-19)23-26-18-9-3-4-10-21(18)31-23/h1-4,7-12,15,22,25H,5-6,13-14H2. The summed E-state index contributed by atoms with van der Waals surface area (Å²) in [7, 11) is 0. The largest absolute Gasteiger partial charge is 0.454 e. The van der Waals surface area contributed by atoms with E-state index in [4.69, 9.17) is 14.1 Å². The fourth-order valence-electron chi connectivity index (χ4n) is 4.31. The van der Waals surface area contributed by atoms with E-state index in [1.807, 2.05) is 59.5 Å². The first-order valence-electron chi connectivity index (χ1n) is 10.5. The van der Waals surface area contributed by atoms with E-state index in [2.05, 4.69) is 11.4 Å². The van der Waals surface area contributed by atoms with Gasteiger partial charge in [0.2, 0.25) is 0 Å². The number of aromatic nitrogens is 1. The van der Waals surface area contributed by atoms with Crippen LogP contribution >= 0.6 is 11.3 Å². The topological polar surface area (TPSA) is 67.6 Å². The molecule has 7 heteroatoms. The highest BCUT2D eigenvalue weighted by molar-refractivity contribution is 7.21. The summed E-state index contributed by atoms with van der Waals surface area (Å²) in [6, 6.07) is 19.5. The van der Waals surface area contributed by atoms with Gasteiger partial charge in [-0.15, -0.1) is 11.3 Å². The van der Waals surface area contributed by atoms with Gasteiger partial charge in [0.1, 0.15) is 5.76 Å². The maximum Gasteiger partial charge on any atom is 0.258 e. The molecule has 2 unspecified atom stereocenters. The molecule has 2 aliphatic heterocycles. The predicted octanol–water partition coefficient (Wildman–Crippen LogP) is 5.30. The maximum absolute atomic E-state index is 13.4. The minimum atomic E-state index is -0.394. The number of nitrogens with zero attached hydrogens (tertiary/aromatic N) is 2. The lowest BCUT2D eigenvalue weighted by Crippen LogP contribution is -2.46. The van der Waals surface area contributed by atoms with Crippen molar-refractivity contribution in [2.45, 2.75) is 25.1 Å². The molecular formula is C24H21N3O3S. The number of furan rings is 1. The van der Waals surface area contributed by atoms with E-state index >= 15 is 0 Å². The van der Waals surface area contributed by atoms with Gasteiger partial charge < -0.3 is 19.4 Å². The Balaban J connectivity index is 1.36. The number of hydrogen-bond donors (Lipinski definition) is 1. The number of thiazole rings is 1. The number of para-hydroxylation sites is 2. The van der Waals surface area contributed by atoms with E-state index in [-0.39, 0.29) is 12.0 Å². The van der Waals surface area contributed by atoms with Gasteiger partial charge in [-0.3, -0.25) is 4.79 Å². The van der Waals surface area contributed by atoms with Crippen LogP contribution in [0.1, 0.15) is 35.1 Å². The molecule has 156 valence electrons. The van der Waals surface area contributed by atoms with Gasteiger partial charge in [0, 0.05) is 18.8 Å². The summed E-state index contributed by atoms with van der Waals surface area (Å²) in [6.45, 7) is 1.28. The minimum absolute atomic E-state index is 0.00668. The first kappa shape index (κ1) is 18.6. The van der Waals surface area contributed by atoms with Crippen molar-refractivity contribution in [3.63, 3.8) is 0 Å². The summed E-state index contributed by atoms with van der Waals surface area (Å²) in [5.74, 6) is 1.39. The van der Waals surface area contributed by atoms with Crippen molar-refractivity contribution in [1.82, 2.24) is 9.88 Å². The third-order valence-corrected chi connectivity index (χ3v) is 6.90. The number of fused-ring (bicyclic) bond motifs is 2. The minimum Gasteiger partial charge on any atom is -0.454 e. The zero-order chi connectivity index (χ0) is 20.8. The van der Waals surface area contributed by atoms with Gasteiger partial charge in [-0.05, 0) is 49.2 Å². The molecule has 0 spiro atoms. The van der Waals surface area contributed by atoms with E-state index in [0.29, 0.717) is 23.6 Å². The Morgan fingerprint density at radius 3 is 2.84 bits per heavy atom. The third kappa shape index (κ3) is 3.30. The van der Waals surface area contributed by atoms with Crippen LogP contribution in [-0.4, -0.2) is 35.0 Å². The molecular weight excluding hydrogens is 410 g/mol. The zero-order valence-electron chi connectivity index (χ0n) is 16.8. The van der Waals surface area contributed by atoms with Gasteiger partial charge >= 0.3 is 0 Å². The molecule has 0 aliphatic carbocycles. The second-order valence-corrected chi connectivity index (χ2v) is 8.90. The van der Waals surface area contributed by atoms with E-state index < -0.39 is 6.17 Å². The number of benzene rings is 2. The van der Waals surface area contributed by atoms with Crippen molar-refractivity contribution in [2.75, 3.05) is 18.5 Å². The van der Waals surface area contributed by atoms with Crippen molar-refractivity contribution in [2.24, 2.45) is 0 Å². The highest BCUT2D eigenvalue weighted by atomic mass is 32.1. The molecule has 4 heterocycles. The van der Waals surface area contributed by atoms with Crippen LogP contribution in [0.4, 0.5) is 5.69 Å². The number of nitrogens with one attached hydrogen (secondary N) is 1. The molecule has 1 N–H and O–H groups in total. The number of hydrogen-bond acceptors (Lipinski definition) is 6. The molecule has 31 heavy (non-hydrogen) atoms. The molecule has 2 aromatic carbocycles. The molecule has 6 rings (SSSR count). The quantitative estimate of drug-likeness (QED) is 0.475. The van der Waals surface area contributed by atoms with E-state index in [9.17, 15) is 4.79 Å². The van der Waals surface area contributed by atoms with Crippen molar-refractivity contribution < 1.29 is 13.9 Å². The van der Waals surface area contributed by atoms with Crippen molar-refractivity contribution in [3.8, 4) is 10.8 Å². The van der Waals surface area contributed by atoms with Crippen LogP contribution < -0.4 is 5.32 Å².